The van der Waals surface area contributed by atoms with E-state index >= 15 is 0 Å². The summed E-state index contributed by atoms with van der Waals surface area (Å²) in [6, 6.07) is 2.24. The molecule has 22 heavy (non-hydrogen) atoms. The first-order valence-corrected chi connectivity index (χ1v) is 9.66. The number of sulfonamides is 2. The summed E-state index contributed by atoms with van der Waals surface area (Å²) in [6.07, 6.45) is 0. The number of piperazine rings is 1. The highest BCUT2D eigenvalue weighted by atomic mass is 32.2. The van der Waals surface area contributed by atoms with Crippen molar-refractivity contribution in [1.82, 2.24) is 8.61 Å². The van der Waals surface area contributed by atoms with E-state index in [0.717, 1.165) is 16.4 Å². The molecule has 124 valence electrons. The molecule has 0 amide bonds. The summed E-state index contributed by atoms with van der Waals surface area (Å²) in [4.78, 5) is -0.610. The lowest BCUT2D eigenvalue weighted by Crippen LogP contribution is -2.50. The molecule has 1 saturated heterocycles. The van der Waals surface area contributed by atoms with Gasteiger partial charge in [0.25, 0.3) is 0 Å². The van der Waals surface area contributed by atoms with Gasteiger partial charge < -0.3 is 0 Å². The first-order valence-electron chi connectivity index (χ1n) is 6.61. The molecule has 0 aromatic heterocycles. The predicted molar refractivity (Wildman–Crippen MR) is 76.2 cm³/mol. The standard InChI is InChI=1S/C12H16F2N2O4S2/c1-2-21(17,18)15-5-7-16(8-6-15)22(19,20)12-4-3-10(13)9-11(12)14/h3-4,9H,2,5-8H2,1H3. The summed E-state index contributed by atoms with van der Waals surface area (Å²) in [5.41, 5.74) is 0. The van der Waals surface area contributed by atoms with Crippen molar-refractivity contribution in [2.45, 2.75) is 11.8 Å². The summed E-state index contributed by atoms with van der Waals surface area (Å²) in [5, 5.41) is 0. The van der Waals surface area contributed by atoms with Gasteiger partial charge in [-0.1, -0.05) is 0 Å². The van der Waals surface area contributed by atoms with Crippen LogP contribution in [-0.4, -0.2) is 57.4 Å². The van der Waals surface area contributed by atoms with Crippen LogP contribution in [-0.2, 0) is 20.0 Å². The van der Waals surface area contributed by atoms with Crippen molar-refractivity contribution in [3.8, 4) is 0 Å². The molecule has 1 fully saturated rings. The van der Waals surface area contributed by atoms with Crippen molar-refractivity contribution < 1.29 is 25.6 Å². The fraction of sp³-hybridized carbons (Fsp3) is 0.500. The third-order valence-corrected chi connectivity index (χ3v) is 7.28. The van der Waals surface area contributed by atoms with Crippen LogP contribution >= 0.6 is 0 Å². The largest absolute Gasteiger partial charge is 0.246 e. The minimum Gasteiger partial charge on any atom is -0.212 e. The van der Waals surface area contributed by atoms with E-state index in [0.29, 0.717) is 6.07 Å². The highest BCUT2D eigenvalue weighted by Crippen LogP contribution is 2.22. The second-order valence-corrected chi connectivity index (χ2v) is 8.94. The lowest BCUT2D eigenvalue weighted by molar-refractivity contribution is 0.272. The molecule has 0 bridgehead atoms. The second kappa shape index (κ2) is 6.19. The third-order valence-electron chi connectivity index (χ3n) is 3.47. The maximum Gasteiger partial charge on any atom is 0.246 e. The average molecular weight is 354 g/mol. The molecule has 2 rings (SSSR count). The molecular weight excluding hydrogens is 338 g/mol. The third kappa shape index (κ3) is 3.29. The van der Waals surface area contributed by atoms with Gasteiger partial charge in [0.1, 0.15) is 16.5 Å². The molecule has 0 spiro atoms. The van der Waals surface area contributed by atoms with Gasteiger partial charge in [-0.25, -0.2) is 25.6 Å². The van der Waals surface area contributed by atoms with Crippen molar-refractivity contribution in [3.05, 3.63) is 29.8 Å². The molecular formula is C12H16F2N2O4S2. The van der Waals surface area contributed by atoms with Gasteiger partial charge in [-0.3, -0.25) is 0 Å². The van der Waals surface area contributed by atoms with Crippen LogP contribution in [0.3, 0.4) is 0 Å². The molecule has 0 unspecified atom stereocenters. The topological polar surface area (TPSA) is 74.8 Å². The number of nitrogens with zero attached hydrogens (tertiary/aromatic N) is 2. The van der Waals surface area contributed by atoms with Crippen molar-refractivity contribution in [2.75, 3.05) is 31.9 Å². The van der Waals surface area contributed by atoms with E-state index in [1.807, 2.05) is 0 Å². The Morgan fingerprint density at radius 1 is 1.00 bits per heavy atom. The van der Waals surface area contributed by atoms with Crippen LogP contribution in [0, 0.1) is 11.6 Å². The summed E-state index contributed by atoms with van der Waals surface area (Å²) >= 11 is 0. The molecule has 0 atom stereocenters. The summed E-state index contributed by atoms with van der Waals surface area (Å²) in [5.74, 6) is -2.09. The Bertz CT molecular complexity index is 757. The van der Waals surface area contributed by atoms with E-state index in [-0.39, 0.29) is 31.9 Å². The Kier molecular flexibility index (Phi) is 4.85. The van der Waals surface area contributed by atoms with Gasteiger partial charge in [0, 0.05) is 32.2 Å². The fourth-order valence-electron chi connectivity index (χ4n) is 2.19. The first kappa shape index (κ1) is 17.3. The Morgan fingerprint density at radius 2 is 1.55 bits per heavy atom. The number of benzene rings is 1. The van der Waals surface area contributed by atoms with Gasteiger partial charge in [0.2, 0.25) is 20.0 Å². The van der Waals surface area contributed by atoms with Crippen molar-refractivity contribution >= 4 is 20.0 Å². The molecule has 0 aliphatic carbocycles. The Hall–Kier alpha value is -1.10. The van der Waals surface area contributed by atoms with E-state index in [9.17, 15) is 25.6 Å². The van der Waals surface area contributed by atoms with Crippen LogP contribution in [0.1, 0.15) is 6.92 Å². The minimum atomic E-state index is -4.11. The van der Waals surface area contributed by atoms with E-state index < -0.39 is 36.6 Å². The zero-order chi connectivity index (χ0) is 16.5. The number of hydrogen-bond acceptors (Lipinski definition) is 4. The summed E-state index contributed by atoms with van der Waals surface area (Å²) < 4.78 is 76.9. The maximum absolute atomic E-state index is 13.7. The smallest absolute Gasteiger partial charge is 0.212 e. The van der Waals surface area contributed by atoms with E-state index in [4.69, 9.17) is 0 Å². The van der Waals surface area contributed by atoms with Gasteiger partial charge in [-0.15, -0.1) is 0 Å². The fourth-order valence-corrected chi connectivity index (χ4v) is 4.75. The molecule has 0 saturated carbocycles. The molecule has 1 aliphatic rings. The first-order chi connectivity index (χ1) is 10.2. The van der Waals surface area contributed by atoms with Gasteiger partial charge >= 0.3 is 0 Å². The molecule has 0 radical (unpaired) electrons. The Morgan fingerprint density at radius 3 is 2.05 bits per heavy atom. The van der Waals surface area contributed by atoms with Crippen molar-refractivity contribution in [3.63, 3.8) is 0 Å². The minimum absolute atomic E-state index is 0.0121. The second-order valence-electron chi connectivity index (χ2n) is 4.78. The highest BCUT2D eigenvalue weighted by Gasteiger charge is 2.33. The average Bonchev–Trinajstić information content (AvgIpc) is 2.47. The van der Waals surface area contributed by atoms with Gasteiger partial charge in [0.05, 0.1) is 5.75 Å². The lowest BCUT2D eigenvalue weighted by atomic mass is 10.3. The zero-order valence-electron chi connectivity index (χ0n) is 11.9. The predicted octanol–water partition coefficient (Wildman–Crippen LogP) is 0.621. The molecule has 1 aromatic carbocycles. The van der Waals surface area contributed by atoms with Crippen LogP contribution in [0.5, 0.6) is 0 Å². The van der Waals surface area contributed by atoms with Crippen LogP contribution in [0.2, 0.25) is 0 Å². The Labute approximate surface area is 128 Å². The SMILES string of the molecule is CCS(=O)(=O)N1CCN(S(=O)(=O)c2ccc(F)cc2F)CC1. The van der Waals surface area contributed by atoms with Crippen LogP contribution in [0.15, 0.2) is 23.1 Å². The van der Waals surface area contributed by atoms with E-state index in [1.54, 1.807) is 0 Å². The van der Waals surface area contributed by atoms with E-state index in [1.165, 1.54) is 11.2 Å². The molecule has 1 heterocycles. The summed E-state index contributed by atoms with van der Waals surface area (Å²) in [7, 11) is -7.50. The van der Waals surface area contributed by atoms with Crippen molar-refractivity contribution in [1.29, 1.82) is 0 Å². The summed E-state index contributed by atoms with van der Waals surface area (Å²) in [6.45, 7) is 1.39. The van der Waals surface area contributed by atoms with Gasteiger partial charge in [-0.05, 0) is 19.1 Å². The molecule has 6 nitrogen and oxygen atoms in total. The lowest BCUT2D eigenvalue weighted by Gasteiger charge is -2.33. The monoisotopic (exact) mass is 354 g/mol. The van der Waals surface area contributed by atoms with Crippen LogP contribution in [0.4, 0.5) is 8.78 Å². The van der Waals surface area contributed by atoms with Gasteiger partial charge in [-0.2, -0.15) is 8.61 Å². The zero-order valence-corrected chi connectivity index (χ0v) is 13.5. The molecule has 10 heteroatoms. The molecule has 1 aliphatic heterocycles. The van der Waals surface area contributed by atoms with Crippen LogP contribution < -0.4 is 0 Å². The number of halogens is 2. The van der Waals surface area contributed by atoms with Gasteiger partial charge in [0.15, 0.2) is 0 Å². The number of hydrogen-bond donors (Lipinski definition) is 0. The number of rotatable bonds is 4. The maximum atomic E-state index is 13.7. The molecule has 1 aromatic rings. The molecule has 0 N–H and O–H groups in total. The highest BCUT2D eigenvalue weighted by molar-refractivity contribution is 7.89. The Balaban J connectivity index is 2.20. The normalized spacial score (nSPS) is 18.5. The van der Waals surface area contributed by atoms with Crippen molar-refractivity contribution in [2.24, 2.45) is 0 Å². The van der Waals surface area contributed by atoms with E-state index in [2.05, 4.69) is 0 Å². The quantitative estimate of drug-likeness (QED) is 0.794. The van der Waals surface area contributed by atoms with Crippen LogP contribution in [0.25, 0.3) is 0 Å².